The summed E-state index contributed by atoms with van der Waals surface area (Å²) in [5.74, 6) is -3.68. The normalized spacial score (nSPS) is 32.6. The summed E-state index contributed by atoms with van der Waals surface area (Å²) >= 11 is 4.82. The van der Waals surface area contributed by atoms with Crippen molar-refractivity contribution in [3.05, 3.63) is 56.2 Å². The van der Waals surface area contributed by atoms with Crippen LogP contribution in [0, 0.1) is 11.6 Å². The minimum absolute atomic E-state index is 0.124. The number of nitrogens with zero attached hydrogens (tertiary/aromatic N) is 1. The van der Waals surface area contributed by atoms with Gasteiger partial charge in [0.05, 0.1) is 17.6 Å². The molecule has 17 heteroatoms. The first kappa shape index (κ1) is 26.0. The number of aliphatic hydroxyl groups is 2. The summed E-state index contributed by atoms with van der Waals surface area (Å²) in [6.07, 6.45) is -4.06. The monoisotopic (exact) mass is 518 g/mol. The van der Waals surface area contributed by atoms with Crippen LogP contribution in [-0.2, 0) is 30.6 Å². The van der Waals surface area contributed by atoms with Crippen molar-refractivity contribution in [2.24, 2.45) is 0 Å². The fourth-order valence-corrected chi connectivity index (χ4v) is 5.26. The summed E-state index contributed by atoms with van der Waals surface area (Å²) < 4.78 is 49.7. The summed E-state index contributed by atoms with van der Waals surface area (Å²) in [7, 11) is 12.7. The van der Waals surface area contributed by atoms with Crippen molar-refractivity contribution in [2.45, 2.75) is 42.6 Å². The molecule has 6 radical (unpaired) electrons. The van der Waals surface area contributed by atoms with Crippen LogP contribution in [0.25, 0.3) is 0 Å². The van der Waals surface area contributed by atoms with E-state index in [9.17, 15) is 24.4 Å². The summed E-state index contributed by atoms with van der Waals surface area (Å²) in [6, 6.07) is 4.96. The SMILES string of the molecule is [B]C([B])(OP1(=O)OCc2cccc(C)c2O1)[C@@]1(F)O[C@@]([B])(n2cc(C=O)c(=S)[nH]c2=O)[C@H](O)[C@@H]1O. The Hall–Kier alpha value is -2.06. The molecule has 4 rings (SSSR count). The minimum atomic E-state index is -4.72. The van der Waals surface area contributed by atoms with E-state index in [1.165, 1.54) is 0 Å². The van der Waals surface area contributed by atoms with Crippen LogP contribution in [0.1, 0.15) is 21.5 Å². The van der Waals surface area contributed by atoms with E-state index in [0.717, 1.165) is 6.20 Å². The molecule has 1 unspecified atom stereocenters. The van der Waals surface area contributed by atoms with Gasteiger partial charge < -0.3 is 19.5 Å². The number of carbonyl (C=O) groups is 1. The molecule has 2 aliphatic rings. The molecule has 0 bridgehead atoms. The molecule has 0 spiro atoms. The third-order valence-corrected chi connectivity index (χ3v) is 7.27. The lowest BCUT2D eigenvalue weighted by atomic mass is 9.59. The number of H-pyrrole nitrogens is 1. The zero-order valence-corrected chi connectivity index (χ0v) is 19.6. The van der Waals surface area contributed by atoms with E-state index >= 15 is 4.39 Å². The highest BCUT2D eigenvalue weighted by atomic mass is 32.1. The number of aliphatic hydroxyl groups excluding tert-OH is 2. The fraction of sp³-hybridized carbons (Fsp3) is 0.389. The van der Waals surface area contributed by atoms with Crippen LogP contribution in [0.5, 0.6) is 5.75 Å². The van der Waals surface area contributed by atoms with Gasteiger partial charge in [-0.2, -0.15) is 0 Å². The molecule has 35 heavy (non-hydrogen) atoms. The smallest absolute Gasteiger partial charge is 0.403 e. The van der Waals surface area contributed by atoms with Gasteiger partial charge in [0.25, 0.3) is 5.85 Å². The van der Waals surface area contributed by atoms with Gasteiger partial charge in [-0.25, -0.2) is 13.8 Å². The third-order valence-electron chi connectivity index (χ3n) is 5.56. The first-order valence-electron chi connectivity index (χ1n) is 9.84. The first-order valence-corrected chi connectivity index (χ1v) is 11.7. The number of aromatic nitrogens is 2. The number of benzene rings is 1. The summed E-state index contributed by atoms with van der Waals surface area (Å²) in [5.41, 5.74) is -3.25. The molecule has 5 atom stereocenters. The number of halogens is 1. The molecule has 11 nitrogen and oxygen atoms in total. The average molecular weight is 518 g/mol. The number of hydrogen-bond donors (Lipinski definition) is 3. The maximum atomic E-state index is 16.1. The Morgan fingerprint density at radius 1 is 1.40 bits per heavy atom. The van der Waals surface area contributed by atoms with Crippen molar-refractivity contribution in [3.8, 4) is 5.75 Å². The van der Waals surface area contributed by atoms with Crippen molar-refractivity contribution in [1.82, 2.24) is 9.55 Å². The summed E-state index contributed by atoms with van der Waals surface area (Å²) in [4.78, 5) is 25.7. The lowest BCUT2D eigenvalue weighted by Crippen LogP contribution is -2.60. The number of phosphoric acid groups is 1. The van der Waals surface area contributed by atoms with E-state index in [-0.39, 0.29) is 28.8 Å². The molecular weight excluding hydrogens is 503 g/mol. The van der Waals surface area contributed by atoms with Crippen LogP contribution in [-0.4, -0.2) is 73.1 Å². The second-order valence-electron chi connectivity index (χ2n) is 7.98. The molecule has 1 saturated heterocycles. The summed E-state index contributed by atoms with van der Waals surface area (Å²) in [6.45, 7) is 1.37. The van der Waals surface area contributed by atoms with Gasteiger partial charge in [0.2, 0.25) is 0 Å². The van der Waals surface area contributed by atoms with E-state index in [1.807, 2.05) is 0 Å². The number of phosphoric ester groups is 1. The van der Waals surface area contributed by atoms with Gasteiger partial charge in [0.1, 0.15) is 51.8 Å². The van der Waals surface area contributed by atoms with Gasteiger partial charge in [-0.1, -0.05) is 30.4 Å². The van der Waals surface area contributed by atoms with Crippen molar-refractivity contribution >= 4 is 49.9 Å². The zero-order chi connectivity index (χ0) is 26.0. The fourth-order valence-electron chi connectivity index (χ4n) is 3.66. The van der Waals surface area contributed by atoms with Crippen molar-refractivity contribution in [2.75, 3.05) is 0 Å². The molecule has 3 N–H and O–H groups in total. The zero-order valence-electron chi connectivity index (χ0n) is 17.9. The van der Waals surface area contributed by atoms with E-state index in [4.69, 9.17) is 54.1 Å². The lowest BCUT2D eigenvalue weighted by molar-refractivity contribution is -0.240. The Labute approximate surface area is 206 Å². The lowest BCUT2D eigenvalue weighted by Gasteiger charge is -2.42. The number of alkyl halides is 1. The molecule has 2 aromatic rings. The van der Waals surface area contributed by atoms with Gasteiger partial charge in [0.15, 0.2) is 6.29 Å². The number of aryl methyl sites for hydroxylation is 1. The Kier molecular flexibility index (Phi) is 6.33. The second kappa shape index (κ2) is 8.51. The van der Waals surface area contributed by atoms with E-state index < -0.39 is 42.6 Å². The highest BCUT2D eigenvalue weighted by molar-refractivity contribution is 7.71. The number of aromatic amines is 1. The van der Waals surface area contributed by atoms with Crippen LogP contribution in [0.15, 0.2) is 29.2 Å². The molecule has 178 valence electrons. The summed E-state index contributed by atoms with van der Waals surface area (Å²) in [5, 5.41) is 17.7. The quantitative estimate of drug-likeness (QED) is 0.213. The van der Waals surface area contributed by atoms with E-state index in [1.54, 1.807) is 25.1 Å². The largest absolute Gasteiger partial charge is 0.529 e. The van der Waals surface area contributed by atoms with Gasteiger partial charge in [-0.05, 0) is 12.5 Å². The van der Waals surface area contributed by atoms with Crippen LogP contribution < -0.4 is 10.2 Å². The Bertz CT molecular complexity index is 1370. The number of nitrogens with one attached hydrogen (secondary N) is 1. The molecule has 0 saturated carbocycles. The van der Waals surface area contributed by atoms with Crippen LogP contribution in [0.4, 0.5) is 4.39 Å². The third kappa shape index (κ3) is 4.06. The van der Waals surface area contributed by atoms with E-state index in [2.05, 4.69) is 4.98 Å². The average Bonchev–Trinajstić information content (AvgIpc) is 2.95. The number of para-hydroxylation sites is 1. The standard InChI is InChI=1S/C18H15B3FN2O9PS/c1-8-3-2-4-9-7-30-34(29,31-11(8)9)33-18(20,21)16(22)12(26)13(27)17(19,32-16)24-5-10(6-25)14(35)23-15(24)28/h2-6,12-13,26-27H,7H2,1H3,(H,23,28,35)/t12-,13+,16-,17-,34?/m0/s1. The van der Waals surface area contributed by atoms with Gasteiger partial charge >= 0.3 is 13.5 Å². The van der Waals surface area contributed by atoms with Gasteiger partial charge in [0, 0.05) is 11.8 Å². The molecule has 1 fully saturated rings. The van der Waals surface area contributed by atoms with Crippen molar-refractivity contribution in [1.29, 1.82) is 0 Å². The molecular formula is C18H15B3FN2O9PS. The topological polar surface area (TPSA) is 149 Å². The number of hydrogen-bond acceptors (Lipinski definition) is 10. The predicted octanol–water partition coefficient (Wildman–Crippen LogP) is -0.0519. The van der Waals surface area contributed by atoms with Crippen LogP contribution >= 0.6 is 20.0 Å². The minimum Gasteiger partial charge on any atom is -0.403 e. The molecule has 0 aliphatic carbocycles. The number of ether oxygens (including phenoxy) is 1. The molecule has 2 aliphatic heterocycles. The van der Waals surface area contributed by atoms with Crippen LogP contribution in [0.3, 0.4) is 0 Å². The molecule has 1 aromatic heterocycles. The highest BCUT2D eigenvalue weighted by Gasteiger charge is 2.69. The second-order valence-corrected chi connectivity index (χ2v) is 9.91. The van der Waals surface area contributed by atoms with Gasteiger partial charge in [-0.3, -0.25) is 23.4 Å². The number of rotatable bonds is 5. The maximum Gasteiger partial charge on any atom is 0.529 e. The number of aldehydes is 1. The van der Waals surface area contributed by atoms with Gasteiger partial charge in [-0.15, -0.1) is 0 Å². The number of fused-ring (bicyclic) bond motifs is 1. The Morgan fingerprint density at radius 2 is 2.09 bits per heavy atom. The van der Waals surface area contributed by atoms with Crippen LogP contribution in [0.2, 0.25) is 0 Å². The Balaban J connectivity index is 1.70. The van der Waals surface area contributed by atoms with E-state index in [0.29, 0.717) is 15.7 Å². The van der Waals surface area contributed by atoms with Crippen molar-refractivity contribution < 1.29 is 42.3 Å². The first-order chi connectivity index (χ1) is 16.2. The highest BCUT2D eigenvalue weighted by Crippen LogP contribution is 2.59. The van der Waals surface area contributed by atoms with Crippen molar-refractivity contribution in [3.63, 3.8) is 0 Å². The predicted molar refractivity (Wildman–Crippen MR) is 121 cm³/mol. The molecule has 3 heterocycles. The molecule has 1 aromatic carbocycles. The maximum absolute atomic E-state index is 16.1. The molecule has 0 amide bonds. The Morgan fingerprint density at radius 3 is 2.74 bits per heavy atom. The number of carbonyl (C=O) groups excluding carboxylic acids is 1.